The lowest BCUT2D eigenvalue weighted by atomic mass is 10.0. The van der Waals surface area contributed by atoms with E-state index in [0.717, 1.165) is 24.0 Å². The van der Waals surface area contributed by atoms with Crippen LogP contribution in [0.15, 0.2) is 54.6 Å². The molecular formula is C41H59N5O8. The molecule has 1 saturated heterocycles. The number of carbonyl (C=O) groups is 6. The lowest BCUT2D eigenvalue weighted by Gasteiger charge is -2.26. The first kappa shape index (κ1) is 43.6. The summed E-state index contributed by atoms with van der Waals surface area (Å²) in [6, 6.07) is 14.5. The highest BCUT2D eigenvalue weighted by Crippen LogP contribution is 2.19. The van der Waals surface area contributed by atoms with E-state index in [2.05, 4.69) is 21.3 Å². The number of unbranched alkanes of at least 4 members (excludes halogenated alkanes) is 1. The minimum absolute atomic E-state index is 0.0461. The standard InChI is InChI=1S/C35H47N5O8.C6H12/c1-3-4-15-28(33(44)35(46)38-23-31(42)36-22-25-11-6-5-7-12-25)39-34(45)29-16-9-17-40(29)32(43)24-37-30(41)21-26-13-8-14-27(20-26)48-19-10-18-47-2;1-2-4-6-5-3-1/h5-8,11-14,20,28-29H,3-4,9-10,15-19,21-24H2,1-2H3,(H,36,42)(H,37,41)(H,38,46)(H,39,45);1-6H2. The molecule has 13 nitrogen and oxygen atoms in total. The third kappa shape index (κ3) is 16.5. The molecule has 2 aromatic rings. The van der Waals surface area contributed by atoms with Crippen molar-refractivity contribution < 1.29 is 38.2 Å². The number of hydrogen-bond donors (Lipinski definition) is 4. The number of methoxy groups -OCH3 is 1. The Hall–Kier alpha value is -4.78. The van der Waals surface area contributed by atoms with Crippen LogP contribution in [0.3, 0.4) is 0 Å². The Morgan fingerprint density at radius 2 is 1.48 bits per heavy atom. The van der Waals surface area contributed by atoms with Crippen molar-refractivity contribution in [2.45, 2.75) is 109 Å². The number of ketones is 1. The summed E-state index contributed by atoms with van der Waals surface area (Å²) < 4.78 is 10.7. The van der Waals surface area contributed by atoms with Crippen molar-refractivity contribution in [1.82, 2.24) is 26.2 Å². The van der Waals surface area contributed by atoms with Gasteiger partial charge < -0.3 is 35.6 Å². The Morgan fingerprint density at radius 1 is 0.778 bits per heavy atom. The molecule has 2 unspecified atom stereocenters. The Morgan fingerprint density at radius 3 is 2.17 bits per heavy atom. The van der Waals surface area contributed by atoms with Gasteiger partial charge in [0.1, 0.15) is 11.8 Å². The summed E-state index contributed by atoms with van der Waals surface area (Å²) in [4.78, 5) is 78.3. The highest BCUT2D eigenvalue weighted by atomic mass is 16.5. The van der Waals surface area contributed by atoms with Crippen LogP contribution in [0.25, 0.3) is 0 Å². The molecule has 1 heterocycles. The highest BCUT2D eigenvalue weighted by Gasteiger charge is 2.36. The van der Waals surface area contributed by atoms with Crippen molar-refractivity contribution in [2.24, 2.45) is 0 Å². The topological polar surface area (TPSA) is 172 Å². The number of ether oxygens (including phenoxy) is 2. The van der Waals surface area contributed by atoms with E-state index >= 15 is 0 Å². The predicted molar refractivity (Wildman–Crippen MR) is 205 cm³/mol. The van der Waals surface area contributed by atoms with Gasteiger partial charge in [-0.15, -0.1) is 0 Å². The van der Waals surface area contributed by atoms with E-state index < -0.39 is 48.0 Å². The third-order valence-electron chi connectivity index (χ3n) is 9.28. The smallest absolute Gasteiger partial charge is 0.290 e. The summed E-state index contributed by atoms with van der Waals surface area (Å²) in [6.07, 6.45) is 12.3. The summed E-state index contributed by atoms with van der Waals surface area (Å²) in [6.45, 7) is 2.90. The van der Waals surface area contributed by atoms with E-state index in [1.165, 1.54) is 43.4 Å². The van der Waals surface area contributed by atoms with E-state index in [1.54, 1.807) is 31.4 Å². The number of benzene rings is 2. The highest BCUT2D eigenvalue weighted by molar-refractivity contribution is 6.38. The van der Waals surface area contributed by atoms with Gasteiger partial charge in [0.25, 0.3) is 5.91 Å². The lowest BCUT2D eigenvalue weighted by Crippen LogP contribution is -2.54. The number of rotatable bonds is 20. The zero-order valence-electron chi connectivity index (χ0n) is 32.0. The van der Waals surface area contributed by atoms with Crippen LogP contribution in [0.2, 0.25) is 0 Å². The number of nitrogens with one attached hydrogen (secondary N) is 4. The molecule has 1 aliphatic carbocycles. The Bertz CT molecular complexity index is 1470. The second kappa shape index (κ2) is 25.3. The van der Waals surface area contributed by atoms with Gasteiger partial charge in [0.2, 0.25) is 29.4 Å². The Balaban J connectivity index is 0.00000118. The maximum Gasteiger partial charge on any atom is 0.290 e. The van der Waals surface area contributed by atoms with Crippen molar-refractivity contribution >= 4 is 35.3 Å². The van der Waals surface area contributed by atoms with Gasteiger partial charge in [-0.3, -0.25) is 28.8 Å². The second-order valence-corrected chi connectivity index (χ2v) is 13.7. The van der Waals surface area contributed by atoms with Gasteiger partial charge in [-0.25, -0.2) is 0 Å². The quantitative estimate of drug-likeness (QED) is 0.117. The molecule has 2 fully saturated rings. The third-order valence-corrected chi connectivity index (χ3v) is 9.28. The fourth-order valence-electron chi connectivity index (χ4n) is 6.27. The van der Waals surface area contributed by atoms with Crippen LogP contribution < -0.4 is 26.0 Å². The molecule has 296 valence electrons. The molecule has 1 saturated carbocycles. The van der Waals surface area contributed by atoms with Gasteiger partial charge in [-0.1, -0.05) is 101 Å². The molecule has 4 rings (SSSR count). The van der Waals surface area contributed by atoms with E-state index in [1.807, 2.05) is 37.3 Å². The number of amides is 5. The Labute approximate surface area is 319 Å². The van der Waals surface area contributed by atoms with Crippen molar-refractivity contribution in [3.05, 3.63) is 65.7 Å². The molecule has 2 aliphatic rings. The first-order valence-electron chi connectivity index (χ1n) is 19.4. The summed E-state index contributed by atoms with van der Waals surface area (Å²) in [5.74, 6) is -2.99. The summed E-state index contributed by atoms with van der Waals surface area (Å²) in [5.41, 5.74) is 1.61. The van der Waals surface area contributed by atoms with Crippen LogP contribution >= 0.6 is 0 Å². The van der Waals surface area contributed by atoms with E-state index in [9.17, 15) is 28.8 Å². The normalized spacial score (nSPS) is 15.5. The maximum atomic E-state index is 13.3. The molecule has 1 aliphatic heterocycles. The Kier molecular flexibility index (Phi) is 20.4. The average Bonchev–Trinajstić information content (AvgIpc) is 3.70. The zero-order valence-corrected chi connectivity index (χ0v) is 32.0. The van der Waals surface area contributed by atoms with Crippen molar-refractivity contribution in [3.63, 3.8) is 0 Å². The molecule has 0 bridgehead atoms. The first-order chi connectivity index (χ1) is 26.2. The predicted octanol–water partition coefficient (Wildman–Crippen LogP) is 3.77. The molecular weight excluding hydrogens is 690 g/mol. The maximum absolute atomic E-state index is 13.3. The largest absolute Gasteiger partial charge is 0.493 e. The van der Waals surface area contributed by atoms with E-state index in [-0.39, 0.29) is 31.8 Å². The molecule has 5 amide bonds. The van der Waals surface area contributed by atoms with Gasteiger partial charge in [-0.05, 0) is 42.5 Å². The van der Waals surface area contributed by atoms with Gasteiger partial charge >= 0.3 is 0 Å². The molecule has 13 heteroatoms. The minimum atomic E-state index is -1.11. The SMILES string of the molecule is C1CCCCC1.CCCCC(NC(=O)C1CCCN1C(=O)CNC(=O)Cc1cccc(OCCCOC)c1)C(=O)C(=O)NCC(=O)NCc1ccccc1. The molecule has 4 N–H and O–H groups in total. The summed E-state index contributed by atoms with van der Waals surface area (Å²) >= 11 is 0. The molecule has 2 atom stereocenters. The van der Waals surface area contributed by atoms with Gasteiger partial charge in [0.05, 0.1) is 32.2 Å². The molecule has 54 heavy (non-hydrogen) atoms. The van der Waals surface area contributed by atoms with Crippen LogP contribution in [0.5, 0.6) is 5.75 Å². The van der Waals surface area contributed by atoms with E-state index in [0.29, 0.717) is 44.8 Å². The van der Waals surface area contributed by atoms with Gasteiger partial charge in [-0.2, -0.15) is 0 Å². The van der Waals surface area contributed by atoms with Crippen LogP contribution in [-0.2, 0) is 46.5 Å². The van der Waals surface area contributed by atoms with Crippen LogP contribution in [0.1, 0.15) is 95.1 Å². The monoisotopic (exact) mass is 749 g/mol. The summed E-state index contributed by atoms with van der Waals surface area (Å²) in [7, 11) is 1.62. The van der Waals surface area contributed by atoms with Crippen LogP contribution in [0.4, 0.5) is 0 Å². The molecule has 0 aromatic heterocycles. The molecule has 0 radical (unpaired) electrons. The number of hydrogen-bond acceptors (Lipinski definition) is 8. The number of Topliss-reactive ketones (excluding diaryl/α,β-unsaturated/α-hetero) is 1. The number of carbonyl (C=O) groups excluding carboxylic acids is 6. The second-order valence-electron chi connectivity index (χ2n) is 13.7. The zero-order chi connectivity index (χ0) is 39.0. The fourth-order valence-corrected chi connectivity index (χ4v) is 6.27. The lowest BCUT2D eigenvalue weighted by molar-refractivity contribution is -0.142. The van der Waals surface area contributed by atoms with Gasteiger partial charge in [0, 0.05) is 33.2 Å². The minimum Gasteiger partial charge on any atom is -0.493 e. The molecule has 2 aromatic carbocycles. The van der Waals surface area contributed by atoms with Crippen LogP contribution in [0, 0.1) is 0 Å². The fraction of sp³-hybridized carbons (Fsp3) is 0.561. The van der Waals surface area contributed by atoms with E-state index in [4.69, 9.17) is 9.47 Å². The number of nitrogens with zero attached hydrogens (tertiary/aromatic N) is 1. The first-order valence-corrected chi connectivity index (χ1v) is 19.4. The van der Waals surface area contributed by atoms with Crippen molar-refractivity contribution in [3.8, 4) is 5.75 Å². The van der Waals surface area contributed by atoms with Crippen LogP contribution in [-0.4, -0.2) is 92.3 Å². The van der Waals surface area contributed by atoms with Gasteiger partial charge in [0.15, 0.2) is 0 Å². The average molecular weight is 750 g/mol. The van der Waals surface area contributed by atoms with Crippen molar-refractivity contribution in [2.75, 3.05) is 40.0 Å². The van der Waals surface area contributed by atoms with Crippen molar-refractivity contribution in [1.29, 1.82) is 0 Å². The summed E-state index contributed by atoms with van der Waals surface area (Å²) in [5, 5.41) is 10.3. The number of likely N-dealkylation sites (tertiary alicyclic amines) is 1. The molecule has 0 spiro atoms.